The van der Waals surface area contributed by atoms with Crippen LogP contribution in [0.5, 0.6) is 0 Å². The number of hydrogen-bond acceptors (Lipinski definition) is 7. The van der Waals surface area contributed by atoms with Crippen LogP contribution in [0.3, 0.4) is 0 Å². The van der Waals surface area contributed by atoms with Gasteiger partial charge in [-0.15, -0.1) is 21.5 Å². The molecule has 2 aliphatic rings. The van der Waals surface area contributed by atoms with E-state index in [1.807, 2.05) is 17.6 Å². The molecule has 2 aliphatic heterocycles. The molecule has 9 nitrogen and oxygen atoms in total. The molecule has 0 aliphatic carbocycles. The van der Waals surface area contributed by atoms with Crippen LogP contribution >= 0.6 is 22.7 Å². The molecule has 16 heteroatoms. The average Bonchev–Trinajstić information content (AvgIpc) is 3.83. The number of thiophene rings is 1. The van der Waals surface area contributed by atoms with Crippen molar-refractivity contribution in [3.63, 3.8) is 0 Å². The molecule has 0 spiro atoms. The summed E-state index contributed by atoms with van der Waals surface area (Å²) in [6.07, 6.45) is -4.61. The summed E-state index contributed by atoms with van der Waals surface area (Å²) in [7, 11) is 0. The maximum Gasteiger partial charge on any atom is 0.445 e. The van der Waals surface area contributed by atoms with Crippen LogP contribution in [0.4, 0.5) is 22.0 Å². The van der Waals surface area contributed by atoms with E-state index >= 15 is 0 Å². The molecule has 6 aromatic rings. The van der Waals surface area contributed by atoms with Gasteiger partial charge in [0.1, 0.15) is 39.0 Å². The van der Waals surface area contributed by atoms with Crippen molar-refractivity contribution in [1.29, 1.82) is 5.26 Å². The fraction of sp³-hybridized carbons (Fsp3) is 0.219. The minimum absolute atomic E-state index is 0.0388. The molecule has 0 saturated heterocycles. The van der Waals surface area contributed by atoms with Gasteiger partial charge in [-0.25, -0.2) is 8.78 Å². The first-order chi connectivity index (χ1) is 22.9. The Hall–Kier alpha value is -5.14. The molecule has 48 heavy (non-hydrogen) atoms. The van der Waals surface area contributed by atoms with E-state index in [1.165, 1.54) is 29.5 Å². The molecule has 8 rings (SSSR count). The number of nitrogens with zero attached hydrogens (tertiary/aromatic N) is 5. The molecule has 4 aromatic heterocycles. The minimum Gasteiger partial charge on any atom is -0.349 e. The summed E-state index contributed by atoms with van der Waals surface area (Å²) >= 11 is 1.68. The van der Waals surface area contributed by atoms with Gasteiger partial charge >= 0.3 is 6.18 Å². The van der Waals surface area contributed by atoms with Crippen molar-refractivity contribution in [3.05, 3.63) is 80.4 Å². The Morgan fingerprint density at radius 2 is 1.35 bits per heavy atom. The third-order valence-corrected chi connectivity index (χ3v) is 10.3. The summed E-state index contributed by atoms with van der Waals surface area (Å²) in [6, 6.07) is 11.0. The van der Waals surface area contributed by atoms with E-state index in [0.717, 1.165) is 33.0 Å². The third kappa shape index (κ3) is 5.10. The number of nitriles is 1. The number of carbonyl (C=O) groups excluding carboxylic acids is 2. The SMILES string of the molecule is Cc1c2n(c3c(-c4ccc(C#N)s4)cc(F)cc13)CCNC2=O.Cc1c2n(c3c(-c4nnc(C(F)(F)F)s4)cc(F)cc13)CCNC2=O. The lowest BCUT2D eigenvalue weighted by Gasteiger charge is -2.18. The molecule has 0 fully saturated rings. The zero-order valence-electron chi connectivity index (χ0n) is 25.1. The second-order valence-corrected chi connectivity index (χ2v) is 13.2. The van der Waals surface area contributed by atoms with Crippen LogP contribution in [0.2, 0.25) is 0 Å². The van der Waals surface area contributed by atoms with Crippen molar-refractivity contribution in [2.75, 3.05) is 13.1 Å². The van der Waals surface area contributed by atoms with E-state index in [-0.39, 0.29) is 28.2 Å². The molecular formula is C32H22F5N7O2S2. The van der Waals surface area contributed by atoms with Crippen molar-refractivity contribution >= 4 is 56.3 Å². The number of hydrogen-bond donors (Lipinski definition) is 2. The first-order valence-corrected chi connectivity index (χ1v) is 16.1. The number of rotatable bonds is 2. The smallest absolute Gasteiger partial charge is 0.349 e. The second kappa shape index (κ2) is 11.5. The predicted octanol–water partition coefficient (Wildman–Crippen LogP) is 6.80. The van der Waals surface area contributed by atoms with Crippen molar-refractivity contribution in [2.24, 2.45) is 0 Å². The van der Waals surface area contributed by atoms with Gasteiger partial charge in [-0.3, -0.25) is 9.59 Å². The monoisotopic (exact) mass is 695 g/mol. The first kappa shape index (κ1) is 31.5. The summed E-state index contributed by atoms with van der Waals surface area (Å²) in [5, 5.41) is 21.4. The van der Waals surface area contributed by atoms with Crippen LogP contribution in [0.25, 0.3) is 42.8 Å². The molecule has 0 unspecified atom stereocenters. The van der Waals surface area contributed by atoms with Gasteiger partial charge in [0.2, 0.25) is 5.01 Å². The maximum atomic E-state index is 14.1. The van der Waals surface area contributed by atoms with E-state index < -0.39 is 17.0 Å². The lowest BCUT2D eigenvalue weighted by atomic mass is 10.1. The Kier molecular flexibility index (Phi) is 7.56. The molecule has 0 atom stereocenters. The quantitative estimate of drug-likeness (QED) is 0.193. The number of amides is 2. The Labute approximate surface area is 276 Å². The highest BCUT2D eigenvalue weighted by Gasteiger charge is 2.36. The summed E-state index contributed by atoms with van der Waals surface area (Å²) in [5.74, 6) is -1.37. The number of nitrogens with one attached hydrogen (secondary N) is 2. The highest BCUT2D eigenvalue weighted by atomic mass is 32.1. The highest BCUT2D eigenvalue weighted by Crippen LogP contribution is 2.41. The number of carbonyl (C=O) groups is 2. The van der Waals surface area contributed by atoms with Crippen molar-refractivity contribution in [1.82, 2.24) is 30.0 Å². The van der Waals surface area contributed by atoms with Crippen LogP contribution in [0.15, 0.2) is 36.4 Å². The molecular weight excluding hydrogens is 674 g/mol. The van der Waals surface area contributed by atoms with Gasteiger partial charge in [0, 0.05) is 53.0 Å². The molecule has 2 aromatic carbocycles. The summed E-state index contributed by atoms with van der Waals surface area (Å²) < 4.78 is 70.3. The Balaban J connectivity index is 0.000000152. The van der Waals surface area contributed by atoms with Crippen LogP contribution < -0.4 is 10.6 Å². The topological polar surface area (TPSA) is 118 Å². The van der Waals surface area contributed by atoms with Gasteiger partial charge < -0.3 is 19.8 Å². The fourth-order valence-corrected chi connectivity index (χ4v) is 7.89. The standard InChI is InChI=1S/C17H12FN3OS.C15H10F4N4OS/c1-9-12-6-10(18)7-13(14-3-2-11(8-19)23-14)16(12)21-5-4-20-17(22)15(9)21;1-6-8-4-7(16)5-9(13-21-22-14(25-13)15(17,18)19)11(8)23-3-2-20-12(24)10(6)23/h2-3,6-7H,4-5H2,1H3,(H,20,22);4-5H,2-3H2,1H3,(H,20,24). The normalized spacial score (nSPS) is 14.2. The largest absolute Gasteiger partial charge is 0.445 e. The second-order valence-electron chi connectivity index (χ2n) is 11.1. The van der Waals surface area contributed by atoms with Crippen LogP contribution in [-0.2, 0) is 19.3 Å². The Morgan fingerprint density at radius 1 is 0.812 bits per heavy atom. The van der Waals surface area contributed by atoms with E-state index in [2.05, 4.69) is 26.9 Å². The van der Waals surface area contributed by atoms with Crippen molar-refractivity contribution in [2.45, 2.75) is 33.1 Å². The molecule has 2 N–H and O–H groups in total. The molecule has 244 valence electrons. The van der Waals surface area contributed by atoms with E-state index in [9.17, 15) is 31.5 Å². The molecule has 0 saturated carbocycles. The van der Waals surface area contributed by atoms with Crippen molar-refractivity contribution in [3.8, 4) is 27.1 Å². The maximum absolute atomic E-state index is 14.1. The average molecular weight is 696 g/mol. The lowest BCUT2D eigenvalue weighted by molar-refractivity contribution is -0.138. The number of benzene rings is 2. The van der Waals surface area contributed by atoms with Crippen LogP contribution in [0.1, 0.15) is 42.0 Å². The number of alkyl halides is 3. The molecule has 0 radical (unpaired) electrons. The van der Waals surface area contributed by atoms with Gasteiger partial charge in [0.15, 0.2) is 0 Å². The van der Waals surface area contributed by atoms with Gasteiger partial charge in [0.25, 0.3) is 11.8 Å². The van der Waals surface area contributed by atoms with Gasteiger partial charge in [-0.2, -0.15) is 18.4 Å². The summed E-state index contributed by atoms with van der Waals surface area (Å²) in [5.41, 5.74) is 4.63. The third-order valence-electron chi connectivity index (χ3n) is 8.30. The number of aromatic nitrogens is 4. The van der Waals surface area contributed by atoms with E-state index in [0.29, 0.717) is 70.2 Å². The zero-order valence-corrected chi connectivity index (χ0v) is 26.7. The van der Waals surface area contributed by atoms with E-state index in [4.69, 9.17) is 5.26 Å². The molecule has 2 amide bonds. The van der Waals surface area contributed by atoms with Gasteiger partial charge in [-0.05, 0) is 61.4 Å². The summed E-state index contributed by atoms with van der Waals surface area (Å²) in [4.78, 5) is 25.7. The first-order valence-electron chi connectivity index (χ1n) is 14.5. The van der Waals surface area contributed by atoms with Gasteiger partial charge in [-0.1, -0.05) is 11.3 Å². The molecule has 0 bridgehead atoms. The predicted molar refractivity (Wildman–Crippen MR) is 170 cm³/mol. The number of aryl methyl sites for hydroxylation is 2. The van der Waals surface area contributed by atoms with Crippen molar-refractivity contribution < 1.29 is 31.5 Å². The zero-order chi connectivity index (χ0) is 34.1. The van der Waals surface area contributed by atoms with Gasteiger partial charge in [0.05, 0.1) is 11.0 Å². The number of fused-ring (bicyclic) bond motifs is 6. The Morgan fingerprint density at radius 3 is 1.85 bits per heavy atom. The van der Waals surface area contributed by atoms with E-state index in [1.54, 1.807) is 17.6 Å². The molecule has 6 heterocycles. The minimum atomic E-state index is -4.61. The lowest BCUT2D eigenvalue weighted by Crippen LogP contribution is -2.35. The fourth-order valence-electron chi connectivity index (χ4n) is 6.34. The summed E-state index contributed by atoms with van der Waals surface area (Å²) in [6.45, 7) is 5.56. The van der Waals surface area contributed by atoms with Crippen LogP contribution in [0, 0.1) is 36.8 Å². The van der Waals surface area contributed by atoms with Crippen LogP contribution in [-0.4, -0.2) is 44.2 Å². The highest BCUT2D eigenvalue weighted by molar-refractivity contribution is 7.16. The number of halogens is 5. The Bertz CT molecular complexity index is 2360.